The quantitative estimate of drug-likeness (QED) is 0.167. The van der Waals surface area contributed by atoms with Crippen molar-refractivity contribution in [3.8, 4) is 28.4 Å². The molecule has 0 unspecified atom stereocenters. The topological polar surface area (TPSA) is 144 Å². The van der Waals surface area contributed by atoms with Gasteiger partial charge in [0.25, 0.3) is 0 Å². The lowest BCUT2D eigenvalue weighted by Gasteiger charge is -2.22. The number of methoxy groups -OCH3 is 3. The maximum Gasteiger partial charge on any atom is 0.247 e. The number of fused-ring (bicyclic) bond motifs is 4. The number of carbonyl (C=O) groups excluding carboxylic acids is 2. The smallest absolute Gasteiger partial charge is 0.247 e. The third-order valence-electron chi connectivity index (χ3n) is 8.49. The molecule has 11 heteroatoms. The number of imidazole rings is 1. The van der Waals surface area contributed by atoms with Gasteiger partial charge in [0.2, 0.25) is 23.0 Å². The Hall–Kier alpha value is -5.06. The molecule has 1 aliphatic rings. The summed E-state index contributed by atoms with van der Waals surface area (Å²) in [5.74, 6) is 1.88. The van der Waals surface area contributed by atoms with E-state index in [1.807, 2.05) is 44.2 Å². The van der Waals surface area contributed by atoms with Crippen molar-refractivity contribution in [3.63, 3.8) is 0 Å². The van der Waals surface area contributed by atoms with Crippen LogP contribution < -0.4 is 35.6 Å². The summed E-state index contributed by atoms with van der Waals surface area (Å²) >= 11 is 0. The van der Waals surface area contributed by atoms with Crippen LogP contribution in [0.2, 0.25) is 0 Å². The molecule has 0 bridgehead atoms. The summed E-state index contributed by atoms with van der Waals surface area (Å²) in [4.78, 5) is 47.8. The standard InChI is InChI=1S/C36H43N5O6/c1-18(2)32(36(44)38-22-10-13-26-28(16-22)41-35(40-26)19(3)4)39-27-14-11-23-24(17-29(27)43)25(37-20(5)42)12-9-21-15-30(45-6)33(46-7)34(47-8)31(21)23/h10-11,13-19,25,32H,9,12H2,1-8H3,(H,37,42)(H,38,44)(H,39,43)(H,40,41)/t25-,32+/m1/s1. The molecule has 0 spiro atoms. The summed E-state index contributed by atoms with van der Waals surface area (Å²) in [5, 5.41) is 9.25. The Morgan fingerprint density at radius 2 is 1.70 bits per heavy atom. The lowest BCUT2D eigenvalue weighted by atomic mass is 9.95. The number of ether oxygens (including phenoxy) is 3. The highest BCUT2D eigenvalue weighted by molar-refractivity contribution is 5.98. The summed E-state index contributed by atoms with van der Waals surface area (Å²) in [7, 11) is 4.66. The monoisotopic (exact) mass is 641 g/mol. The molecule has 5 rings (SSSR count). The highest BCUT2D eigenvalue weighted by Gasteiger charge is 2.30. The average molecular weight is 642 g/mol. The summed E-state index contributed by atoms with van der Waals surface area (Å²) in [5.41, 5.74) is 5.23. The molecule has 0 radical (unpaired) electrons. The van der Waals surface area contributed by atoms with Crippen molar-refractivity contribution in [3.05, 3.63) is 69.6 Å². The number of anilines is 2. The fraction of sp³-hybridized carbons (Fsp3) is 0.389. The van der Waals surface area contributed by atoms with E-state index in [0.717, 1.165) is 28.0 Å². The first-order valence-electron chi connectivity index (χ1n) is 15.8. The number of hydrogen-bond acceptors (Lipinski definition) is 8. The van der Waals surface area contributed by atoms with Crippen molar-refractivity contribution in [2.75, 3.05) is 32.0 Å². The minimum atomic E-state index is -0.731. The molecule has 47 heavy (non-hydrogen) atoms. The van der Waals surface area contributed by atoms with Gasteiger partial charge < -0.3 is 35.1 Å². The van der Waals surface area contributed by atoms with Crippen molar-refractivity contribution in [1.29, 1.82) is 0 Å². The lowest BCUT2D eigenvalue weighted by Crippen LogP contribution is -2.39. The Morgan fingerprint density at radius 1 is 0.957 bits per heavy atom. The number of aromatic nitrogens is 2. The summed E-state index contributed by atoms with van der Waals surface area (Å²) in [6.07, 6.45) is 1.13. The van der Waals surface area contributed by atoms with Crippen molar-refractivity contribution in [1.82, 2.24) is 15.3 Å². The highest BCUT2D eigenvalue weighted by Crippen LogP contribution is 2.50. The number of H-pyrrole nitrogens is 1. The van der Waals surface area contributed by atoms with Gasteiger partial charge in [-0.2, -0.15) is 0 Å². The third-order valence-corrected chi connectivity index (χ3v) is 8.49. The Kier molecular flexibility index (Phi) is 9.74. The number of hydrogen-bond donors (Lipinski definition) is 4. The summed E-state index contributed by atoms with van der Waals surface area (Å²) < 4.78 is 17.2. The van der Waals surface area contributed by atoms with E-state index >= 15 is 0 Å². The van der Waals surface area contributed by atoms with Gasteiger partial charge in [0.1, 0.15) is 11.9 Å². The van der Waals surface area contributed by atoms with Crippen molar-refractivity contribution in [2.24, 2.45) is 5.92 Å². The van der Waals surface area contributed by atoms with Gasteiger partial charge in [0, 0.05) is 24.1 Å². The number of aryl methyl sites for hydroxylation is 1. The van der Waals surface area contributed by atoms with E-state index in [-0.39, 0.29) is 34.8 Å². The van der Waals surface area contributed by atoms with E-state index in [9.17, 15) is 14.4 Å². The first-order chi connectivity index (χ1) is 22.4. The molecule has 4 N–H and O–H groups in total. The van der Waals surface area contributed by atoms with Crippen molar-refractivity contribution in [2.45, 2.75) is 65.5 Å². The maximum atomic E-state index is 13.9. The Morgan fingerprint density at radius 3 is 2.34 bits per heavy atom. The molecular formula is C36H43N5O6. The van der Waals surface area contributed by atoms with Crippen molar-refractivity contribution >= 4 is 34.2 Å². The summed E-state index contributed by atoms with van der Waals surface area (Å²) in [6, 6.07) is 11.3. The molecule has 0 fully saturated rings. The largest absolute Gasteiger partial charge is 0.493 e. The molecule has 11 nitrogen and oxygen atoms in total. The fourth-order valence-electron chi connectivity index (χ4n) is 6.13. The van der Waals surface area contributed by atoms with Gasteiger partial charge in [0.05, 0.1) is 44.1 Å². The molecule has 1 aromatic heterocycles. The Balaban J connectivity index is 1.55. The number of carbonyl (C=O) groups is 2. The molecule has 4 aromatic rings. The third kappa shape index (κ3) is 6.74. The van der Waals surface area contributed by atoms with E-state index in [1.165, 1.54) is 13.0 Å². The van der Waals surface area contributed by atoms with Crippen LogP contribution in [-0.4, -0.2) is 49.2 Å². The predicted molar refractivity (Wildman–Crippen MR) is 184 cm³/mol. The molecule has 248 valence electrons. The van der Waals surface area contributed by atoms with Gasteiger partial charge in [-0.3, -0.25) is 14.4 Å². The number of rotatable bonds is 10. The number of nitrogens with zero attached hydrogens (tertiary/aromatic N) is 1. The van der Waals surface area contributed by atoms with Gasteiger partial charge in [-0.1, -0.05) is 33.8 Å². The zero-order valence-electron chi connectivity index (χ0n) is 28.2. The van der Waals surface area contributed by atoms with Crippen LogP contribution in [-0.2, 0) is 16.0 Å². The molecular weight excluding hydrogens is 598 g/mol. The zero-order valence-corrected chi connectivity index (χ0v) is 28.2. The second-order valence-electron chi connectivity index (χ2n) is 12.5. The molecule has 3 aromatic carbocycles. The molecule has 0 aliphatic heterocycles. The fourth-order valence-corrected chi connectivity index (χ4v) is 6.13. The average Bonchev–Trinajstić information content (AvgIpc) is 3.33. The van der Waals surface area contributed by atoms with Crippen molar-refractivity contribution < 1.29 is 23.8 Å². The number of benzene rings is 2. The summed E-state index contributed by atoms with van der Waals surface area (Å²) in [6.45, 7) is 9.42. The molecule has 0 saturated heterocycles. The second kappa shape index (κ2) is 13.7. The van der Waals surface area contributed by atoms with Gasteiger partial charge in [-0.15, -0.1) is 0 Å². The molecule has 1 aliphatic carbocycles. The zero-order chi connectivity index (χ0) is 34.0. The van der Waals surface area contributed by atoms with Crippen LogP contribution in [0.15, 0.2) is 47.3 Å². The van der Waals surface area contributed by atoms with Gasteiger partial charge in [-0.25, -0.2) is 4.98 Å². The van der Waals surface area contributed by atoms with E-state index in [4.69, 9.17) is 14.2 Å². The second-order valence-corrected chi connectivity index (χ2v) is 12.5. The van der Waals surface area contributed by atoms with E-state index in [2.05, 4.69) is 39.8 Å². The van der Waals surface area contributed by atoms with E-state index < -0.39 is 12.1 Å². The molecule has 2 amide bonds. The van der Waals surface area contributed by atoms with Crippen LogP contribution in [0.3, 0.4) is 0 Å². The number of amides is 2. The van der Waals surface area contributed by atoms with Crippen LogP contribution >= 0.6 is 0 Å². The SMILES string of the molecule is COc1cc2c(c(OC)c1OC)-c1ccc(N[C@H](C(=O)Nc3ccc4nc(C(C)C)[nH]c4c3)C(C)C)c(=O)cc1[C@H](NC(C)=O)CC2. The van der Waals surface area contributed by atoms with Crippen LogP contribution in [0.4, 0.5) is 11.4 Å². The number of nitrogens with one attached hydrogen (secondary N) is 4. The Labute approximate surface area is 274 Å². The first-order valence-corrected chi connectivity index (χ1v) is 15.8. The van der Waals surface area contributed by atoms with Crippen LogP contribution in [0, 0.1) is 5.92 Å². The van der Waals surface area contributed by atoms with Gasteiger partial charge in [0.15, 0.2) is 11.5 Å². The molecule has 0 saturated carbocycles. The Bertz CT molecular complexity index is 1880. The molecule has 1 heterocycles. The van der Waals surface area contributed by atoms with Gasteiger partial charge >= 0.3 is 0 Å². The lowest BCUT2D eigenvalue weighted by molar-refractivity contribution is -0.120. The normalized spacial score (nSPS) is 14.6. The van der Waals surface area contributed by atoms with E-state index in [0.29, 0.717) is 46.9 Å². The number of aromatic amines is 1. The highest BCUT2D eigenvalue weighted by atomic mass is 16.5. The van der Waals surface area contributed by atoms with Gasteiger partial charge in [-0.05, 0) is 71.8 Å². The minimum absolute atomic E-state index is 0.161. The maximum absolute atomic E-state index is 13.9. The molecule has 2 atom stereocenters. The minimum Gasteiger partial charge on any atom is -0.493 e. The predicted octanol–water partition coefficient (Wildman–Crippen LogP) is 5.94. The van der Waals surface area contributed by atoms with E-state index in [1.54, 1.807) is 27.4 Å². The first kappa shape index (κ1) is 33.3. The van der Waals surface area contributed by atoms with Crippen LogP contribution in [0.25, 0.3) is 22.2 Å². The van der Waals surface area contributed by atoms with Crippen LogP contribution in [0.1, 0.15) is 70.0 Å². The van der Waals surface area contributed by atoms with Crippen LogP contribution in [0.5, 0.6) is 17.2 Å².